The van der Waals surface area contributed by atoms with Crippen molar-refractivity contribution in [3.63, 3.8) is 0 Å². The van der Waals surface area contributed by atoms with E-state index in [1.165, 1.54) is 22.4 Å². The number of allylic oxidation sites excluding steroid dienone is 2. The van der Waals surface area contributed by atoms with Gasteiger partial charge in [-0.3, -0.25) is 33.8 Å². The van der Waals surface area contributed by atoms with Gasteiger partial charge >= 0.3 is 0 Å². The van der Waals surface area contributed by atoms with E-state index >= 15 is 0 Å². The summed E-state index contributed by atoms with van der Waals surface area (Å²) in [5.41, 5.74) is 16.5. The summed E-state index contributed by atoms with van der Waals surface area (Å²) in [6.07, 6.45) is 15.9. The van der Waals surface area contributed by atoms with Gasteiger partial charge in [-0.2, -0.15) is 0 Å². The van der Waals surface area contributed by atoms with Gasteiger partial charge in [-0.15, -0.1) is 0 Å². The van der Waals surface area contributed by atoms with E-state index in [1.54, 1.807) is 0 Å². The number of hydrogen-bond acceptors (Lipinski definition) is 7. The summed E-state index contributed by atoms with van der Waals surface area (Å²) in [7, 11) is 0. The molecular formula is C53H68N10O6. The number of amides is 6. The van der Waals surface area contributed by atoms with Gasteiger partial charge in [0.2, 0.25) is 35.4 Å². The average Bonchev–Trinajstić information content (AvgIpc) is 3.53. The van der Waals surface area contributed by atoms with Crippen LogP contribution in [0, 0.1) is 6.92 Å². The van der Waals surface area contributed by atoms with Gasteiger partial charge in [0.25, 0.3) is 0 Å². The highest BCUT2D eigenvalue weighted by Gasteiger charge is 2.44. The number of guanidine groups is 1. The number of anilines is 1. The number of nitrogens with two attached hydrogens (primary N) is 2. The Bertz CT molecular complexity index is 2390. The Morgan fingerprint density at radius 2 is 1.43 bits per heavy atom. The number of nitrogens with one attached hydrogen (secondary N) is 7. The fourth-order valence-corrected chi connectivity index (χ4v) is 8.30. The fraction of sp³-hybridized carbons (Fsp3) is 0.377. The van der Waals surface area contributed by atoms with Crippen molar-refractivity contribution in [2.24, 2.45) is 16.5 Å². The zero-order chi connectivity index (χ0) is 49.4. The quantitative estimate of drug-likeness (QED) is 0.0301. The lowest BCUT2D eigenvalue weighted by Crippen LogP contribution is -2.64. The lowest BCUT2D eigenvalue weighted by molar-refractivity contribution is -0.138. The standard InChI is InChI=1S/C43H57N9O6.C10H11N/c1-2-14-37(54)52-43(24-22-32(23-25-43)31-17-8-4-9-18-31)41(58)51-35(27-30-15-6-3-7-16-30)40(57)50-34(39(56)48-29-38(55)47-28-36(44)53)21-12-13-26-46-42(45)49-33-19-10-5-11-20-33;1-8-7-11-10-6-4-2-3-5-9(8)10/h3-11,15-20,32,34-35H,2,12-14,21-29H2,1H3,(H2,44,53)(H,47,55)(H,48,56)(H,50,57)(H,51,58)(H,52,54)(H3,45,46,49);3-7,11H,2H2,1H3. The first-order valence-electron chi connectivity index (χ1n) is 23.8. The smallest absolute Gasteiger partial charge is 0.246 e. The molecule has 6 rings (SSSR count). The van der Waals surface area contributed by atoms with Gasteiger partial charge in [-0.25, -0.2) is 0 Å². The number of aryl methyl sites for hydroxylation is 1. The summed E-state index contributed by atoms with van der Waals surface area (Å²) in [5.74, 6) is -2.89. The molecule has 2 unspecified atom stereocenters. The number of aliphatic imine (C=N–C) groups is 1. The second kappa shape index (κ2) is 27.4. The molecule has 11 N–H and O–H groups in total. The first-order valence-corrected chi connectivity index (χ1v) is 23.8. The number of aromatic nitrogens is 1. The predicted molar refractivity (Wildman–Crippen MR) is 271 cm³/mol. The number of carbonyl (C=O) groups is 6. The molecule has 1 heterocycles. The number of H-pyrrole nitrogens is 1. The molecule has 366 valence electrons. The van der Waals surface area contributed by atoms with E-state index in [0.717, 1.165) is 17.7 Å². The number of benzene rings is 3. The molecule has 1 saturated carbocycles. The lowest BCUT2D eigenvalue weighted by Gasteiger charge is -2.40. The van der Waals surface area contributed by atoms with Gasteiger partial charge in [0, 0.05) is 42.5 Å². The SMILES string of the molecule is CCCC(=O)NC1(C(=O)NC(Cc2ccccc2)C(=O)NC(CCCCN=C(N)Nc2ccccc2)C(=O)NCC(=O)NCC(N)=O)CCC(c2ccccc2)CC1.Cc1c[nH]c2c1C=CCC=C2. The van der Waals surface area contributed by atoms with E-state index in [-0.39, 0.29) is 37.0 Å². The molecule has 1 aromatic heterocycles. The summed E-state index contributed by atoms with van der Waals surface area (Å²) in [6.45, 7) is 3.50. The number of aromatic amines is 1. The molecule has 16 nitrogen and oxygen atoms in total. The highest BCUT2D eigenvalue weighted by molar-refractivity contribution is 5.97. The van der Waals surface area contributed by atoms with Gasteiger partial charge in [-0.1, -0.05) is 104 Å². The normalized spacial score (nSPS) is 17.0. The second-order valence-corrected chi connectivity index (χ2v) is 17.4. The largest absolute Gasteiger partial charge is 0.370 e. The Morgan fingerprint density at radius 1 is 0.768 bits per heavy atom. The van der Waals surface area contributed by atoms with Gasteiger partial charge in [-0.05, 0) is 106 Å². The van der Waals surface area contributed by atoms with Crippen molar-refractivity contribution in [1.82, 2.24) is 31.6 Å². The molecule has 1 fully saturated rings. The summed E-state index contributed by atoms with van der Waals surface area (Å²) in [4.78, 5) is 86.3. The van der Waals surface area contributed by atoms with Crippen LogP contribution in [0.2, 0.25) is 0 Å². The Balaban J connectivity index is 0.000000700. The van der Waals surface area contributed by atoms with Crippen molar-refractivity contribution >= 4 is 59.2 Å². The van der Waals surface area contributed by atoms with E-state index < -0.39 is 60.2 Å². The Morgan fingerprint density at radius 3 is 2.12 bits per heavy atom. The Kier molecular flexibility index (Phi) is 20.8. The number of primary amides is 1. The molecule has 0 saturated heterocycles. The number of carbonyl (C=O) groups excluding carboxylic acids is 6. The fourth-order valence-electron chi connectivity index (χ4n) is 8.30. The molecule has 0 bridgehead atoms. The van der Waals surface area contributed by atoms with Crippen LogP contribution in [0.4, 0.5) is 5.69 Å². The Labute approximate surface area is 405 Å². The maximum absolute atomic E-state index is 14.4. The highest BCUT2D eigenvalue weighted by Crippen LogP contribution is 2.38. The number of para-hydroxylation sites is 1. The minimum Gasteiger partial charge on any atom is -0.370 e. The summed E-state index contributed by atoms with van der Waals surface area (Å²) in [6, 6.07) is 26.4. The van der Waals surface area contributed by atoms with Gasteiger partial charge < -0.3 is 48.4 Å². The minimum atomic E-state index is -1.24. The predicted octanol–water partition coefficient (Wildman–Crippen LogP) is 5.28. The van der Waals surface area contributed by atoms with Gasteiger partial charge in [0.1, 0.15) is 17.6 Å². The third-order valence-electron chi connectivity index (χ3n) is 12.1. The highest BCUT2D eigenvalue weighted by atomic mass is 16.2. The molecule has 16 heteroatoms. The third-order valence-corrected chi connectivity index (χ3v) is 12.1. The van der Waals surface area contributed by atoms with Crippen LogP contribution in [0.1, 0.15) is 105 Å². The van der Waals surface area contributed by atoms with E-state index in [1.807, 2.05) is 92.0 Å². The van der Waals surface area contributed by atoms with Crippen molar-refractivity contribution in [2.75, 3.05) is 25.0 Å². The third kappa shape index (κ3) is 17.3. The minimum absolute atomic E-state index is 0.107. The maximum Gasteiger partial charge on any atom is 0.246 e. The molecule has 3 aromatic carbocycles. The molecule has 69 heavy (non-hydrogen) atoms. The monoisotopic (exact) mass is 941 g/mol. The summed E-state index contributed by atoms with van der Waals surface area (Å²) >= 11 is 0. The van der Waals surface area contributed by atoms with Crippen LogP contribution < -0.4 is 43.4 Å². The van der Waals surface area contributed by atoms with Crippen LogP contribution in [0.5, 0.6) is 0 Å². The summed E-state index contributed by atoms with van der Waals surface area (Å²) in [5, 5.41) is 16.7. The number of unbranched alkanes of at least 4 members (excludes halogenated alkanes) is 1. The molecular weight excluding hydrogens is 873 g/mol. The van der Waals surface area contributed by atoms with E-state index in [2.05, 4.69) is 85.2 Å². The molecule has 6 amide bonds. The van der Waals surface area contributed by atoms with Crippen molar-refractivity contribution in [3.8, 4) is 0 Å². The summed E-state index contributed by atoms with van der Waals surface area (Å²) < 4.78 is 0. The molecule has 2 atom stereocenters. The molecule has 0 aliphatic heterocycles. The van der Waals surface area contributed by atoms with Crippen molar-refractivity contribution < 1.29 is 28.8 Å². The second-order valence-electron chi connectivity index (χ2n) is 17.4. The zero-order valence-electron chi connectivity index (χ0n) is 39.7. The van der Waals surface area contributed by atoms with Gasteiger partial charge in [0.15, 0.2) is 5.96 Å². The van der Waals surface area contributed by atoms with E-state index in [9.17, 15) is 28.8 Å². The van der Waals surface area contributed by atoms with Crippen LogP contribution in [0.25, 0.3) is 12.2 Å². The van der Waals surface area contributed by atoms with Crippen LogP contribution in [0.15, 0.2) is 114 Å². The van der Waals surface area contributed by atoms with Crippen LogP contribution >= 0.6 is 0 Å². The Hall–Kier alpha value is -7.49. The first-order chi connectivity index (χ1) is 33.4. The van der Waals surface area contributed by atoms with Crippen molar-refractivity contribution in [3.05, 3.63) is 137 Å². The molecule has 0 radical (unpaired) electrons. The molecule has 2 aliphatic carbocycles. The lowest BCUT2D eigenvalue weighted by atomic mass is 9.73. The van der Waals surface area contributed by atoms with Crippen LogP contribution in [-0.2, 0) is 35.2 Å². The molecule has 0 spiro atoms. The number of nitrogens with zero attached hydrogens (tertiary/aromatic N) is 1. The van der Waals surface area contributed by atoms with Crippen LogP contribution in [0.3, 0.4) is 0 Å². The van der Waals surface area contributed by atoms with E-state index in [4.69, 9.17) is 11.5 Å². The average molecular weight is 941 g/mol. The number of hydrogen-bond donors (Lipinski definition) is 9. The van der Waals surface area contributed by atoms with Crippen LogP contribution in [-0.4, -0.2) is 83.6 Å². The number of rotatable bonds is 21. The van der Waals surface area contributed by atoms with Gasteiger partial charge in [0.05, 0.1) is 13.1 Å². The van der Waals surface area contributed by atoms with Crippen molar-refractivity contribution in [1.29, 1.82) is 0 Å². The van der Waals surface area contributed by atoms with Crippen molar-refractivity contribution in [2.45, 2.75) is 108 Å². The number of fused-ring (bicyclic) bond motifs is 1. The maximum atomic E-state index is 14.4. The molecule has 2 aliphatic rings. The first kappa shape index (κ1) is 52.5. The van der Waals surface area contributed by atoms with E-state index in [0.29, 0.717) is 51.5 Å². The topological polar surface area (TPSA) is 255 Å². The molecule has 4 aromatic rings. The zero-order valence-corrected chi connectivity index (χ0v) is 39.7.